The first kappa shape index (κ1) is 69.7. The molecule has 4 unspecified atom stereocenters. The van der Waals surface area contributed by atoms with Crippen molar-refractivity contribution in [3.05, 3.63) is 225 Å². The van der Waals surface area contributed by atoms with Gasteiger partial charge in [-0.2, -0.15) is 5.10 Å². The molecule has 0 aliphatic carbocycles. The molecule has 0 radical (unpaired) electrons. The standard InChI is InChI=1S/2C19H18N4O2S.2C18H17N5O2S/c1-26(2,24)23-17-5-3-4-16(9-17)22-19-21-12-18(25-19)13-6-7-14-10-20-11-15(14)8-13;1-26(2,24)23-16-5-3-4-15(11-16)22-19-21-12-18(25-19)14-6-7-17-13(10-14)8-9-20-17;1-26(2,24)23-15-5-3-4-14(9-15)21-18-19-11-17(25-18)12-6-7-16-13(8-12)10-20-22-16;1-26(2,24)23-14-5-3-4-13(9-14)22-18-19-10-17(25-18)12-6-7-15-16(8-12)21-11-20-15/h3-12,20H,1H2,2H3,(H,21,22)(H,23,24);3-7,9-12H,1,8H2,2H3,(H,21,22)(H,23,24);3-11H,1H2,2H3,(H,19,21)(H,20,22)(H,23,24);3-11H,1H2,2H3,(H,19,22)(H,20,21)(H,23,24). The summed E-state index contributed by atoms with van der Waals surface area (Å²) in [5, 5.41) is 22.6. The van der Waals surface area contributed by atoms with Gasteiger partial charge in [-0.05, 0) is 173 Å². The van der Waals surface area contributed by atoms with E-state index in [0.29, 0.717) is 69.8 Å². The number of imidazole rings is 1. The largest absolute Gasteiger partial charge is 0.423 e. The summed E-state index contributed by atoms with van der Waals surface area (Å²) in [5.41, 5.74) is 14.6. The number of nitrogens with zero attached hydrogens (tertiary/aromatic N) is 7. The molecule has 1 aliphatic rings. The zero-order valence-corrected chi connectivity index (χ0v) is 59.7. The monoisotopic (exact) mass is 1470 g/mol. The third kappa shape index (κ3) is 19.0. The normalized spacial score (nSPS) is 13.7. The molecule has 0 saturated carbocycles. The van der Waals surface area contributed by atoms with Gasteiger partial charge in [0.25, 0.3) is 24.1 Å². The second kappa shape index (κ2) is 29.8. The highest BCUT2D eigenvalue weighted by Crippen LogP contribution is 2.35. The van der Waals surface area contributed by atoms with Gasteiger partial charge < -0.3 is 67.8 Å². The van der Waals surface area contributed by atoms with Crippen LogP contribution in [0.4, 0.5) is 75.2 Å². The van der Waals surface area contributed by atoms with Gasteiger partial charge in [-0.1, -0.05) is 36.4 Å². The molecule has 11 N–H and O–H groups in total. The first-order chi connectivity index (χ1) is 49.8. The maximum Gasteiger partial charge on any atom is 0.299 e. The number of fused-ring (bicyclic) bond motifs is 4. The number of H-pyrrole nitrogens is 3. The van der Waals surface area contributed by atoms with Crippen LogP contribution >= 0.6 is 0 Å². The summed E-state index contributed by atoms with van der Waals surface area (Å²) in [6, 6.07) is 54.8. The highest BCUT2D eigenvalue weighted by atomic mass is 32.2. The van der Waals surface area contributed by atoms with Gasteiger partial charge in [0.15, 0.2) is 23.0 Å². The zero-order valence-electron chi connectivity index (χ0n) is 56.4. The zero-order chi connectivity index (χ0) is 72.6. The Morgan fingerprint density at radius 3 is 1.25 bits per heavy atom. The average Bonchev–Trinajstić information content (AvgIpc) is 1.68. The Morgan fingerprint density at radius 1 is 0.394 bits per heavy atom. The van der Waals surface area contributed by atoms with E-state index in [2.05, 4.69) is 120 Å². The smallest absolute Gasteiger partial charge is 0.299 e. The summed E-state index contributed by atoms with van der Waals surface area (Å²) in [6.45, 7) is 0. The van der Waals surface area contributed by atoms with E-state index in [-0.39, 0.29) is 0 Å². The molecule has 8 aromatic carbocycles. The second-order valence-corrected chi connectivity index (χ2v) is 33.2. The van der Waals surface area contributed by atoms with Crippen LogP contribution in [0.3, 0.4) is 0 Å². The molecule has 0 bridgehead atoms. The minimum Gasteiger partial charge on any atom is -0.423 e. The number of nitrogens with one attached hydrogen (secondary N) is 11. The van der Waals surface area contributed by atoms with Crippen LogP contribution in [0, 0.1) is 0 Å². The van der Waals surface area contributed by atoms with E-state index < -0.39 is 38.8 Å². The summed E-state index contributed by atoms with van der Waals surface area (Å²) >= 11 is 0. The lowest BCUT2D eigenvalue weighted by molar-refractivity contribution is 0.591. The topological polar surface area (TPSA) is 354 Å². The second-order valence-electron chi connectivity index (χ2n) is 24.3. The average molecular weight is 1470 g/mol. The third-order valence-corrected chi connectivity index (χ3v) is 17.7. The van der Waals surface area contributed by atoms with E-state index in [4.69, 9.17) is 17.7 Å². The van der Waals surface area contributed by atoms with Crippen LogP contribution in [0.25, 0.3) is 78.0 Å². The molecule has 15 aromatic rings. The molecule has 528 valence electrons. The van der Waals surface area contributed by atoms with Crippen molar-refractivity contribution >= 4 is 176 Å². The number of benzene rings is 8. The van der Waals surface area contributed by atoms with Crippen molar-refractivity contribution in [1.29, 1.82) is 0 Å². The van der Waals surface area contributed by atoms with Crippen molar-refractivity contribution in [2.75, 3.05) is 65.2 Å². The number of rotatable bonds is 20. The summed E-state index contributed by atoms with van der Waals surface area (Å²) in [5.74, 6) is 17.0. The molecule has 0 saturated heterocycles. The summed E-state index contributed by atoms with van der Waals surface area (Å²) in [6.07, 6.45) is 23.0. The van der Waals surface area contributed by atoms with Gasteiger partial charge in [0.1, 0.15) is 0 Å². The molecule has 0 fully saturated rings. The van der Waals surface area contributed by atoms with Crippen molar-refractivity contribution in [2.24, 2.45) is 4.99 Å². The number of oxazole rings is 4. The van der Waals surface area contributed by atoms with Gasteiger partial charge in [0, 0.05) is 162 Å². The number of hydrogen-bond acceptors (Lipinski definition) is 19. The molecule has 16 rings (SSSR count). The first-order valence-corrected chi connectivity index (χ1v) is 40.2. The van der Waals surface area contributed by atoms with Crippen molar-refractivity contribution < 1.29 is 34.5 Å². The van der Waals surface area contributed by atoms with Crippen LogP contribution in [0.1, 0.15) is 5.56 Å². The molecule has 8 heterocycles. The Labute approximate surface area is 599 Å². The maximum atomic E-state index is 11.8. The molecule has 26 nitrogen and oxygen atoms in total. The molecule has 30 heteroatoms. The predicted octanol–water partition coefficient (Wildman–Crippen LogP) is 15.5. The van der Waals surface area contributed by atoms with Crippen LogP contribution in [-0.2, 0) is 45.3 Å². The van der Waals surface area contributed by atoms with Crippen molar-refractivity contribution in [1.82, 2.24) is 45.1 Å². The quantitative estimate of drug-likeness (QED) is 0.0316. The van der Waals surface area contributed by atoms with Crippen molar-refractivity contribution in [3.63, 3.8) is 0 Å². The van der Waals surface area contributed by atoms with Gasteiger partial charge in [0.2, 0.25) is 0 Å². The summed E-state index contributed by atoms with van der Waals surface area (Å²) < 4.78 is 81.8. The van der Waals surface area contributed by atoms with Crippen LogP contribution in [0.5, 0.6) is 0 Å². The minimum absolute atomic E-state index is 0.369. The Balaban J connectivity index is 0.000000123. The summed E-state index contributed by atoms with van der Waals surface area (Å²) in [7, 11) is -9.34. The Hall–Kier alpha value is -12.8. The molecule has 7 aromatic heterocycles. The fourth-order valence-electron chi connectivity index (χ4n) is 10.7. The van der Waals surface area contributed by atoms with Gasteiger partial charge in [-0.25, -0.2) is 41.8 Å². The number of hydrogen-bond donors (Lipinski definition) is 11. The lowest BCUT2D eigenvalue weighted by Crippen LogP contribution is -2.09. The van der Waals surface area contributed by atoms with Gasteiger partial charge in [0.05, 0.1) is 59.5 Å². The number of anilines is 12. The SMILES string of the molecule is C=S(C)(=O)Nc1cccc(Nc2ncc(-c3ccc4[nH]ncc4c3)o2)c1.C=S(C)(=O)Nc1cccc(Nc2ncc(-c3ccc4c(c3)CC=N4)o2)c1.C=S(C)(=O)Nc1cccc(Nc2ncc(-c3ccc4c[nH]cc4c3)o2)c1.C=S(C)(=O)Nc1cccc(Nc2ncc(-c3ccc4nc[nH]c4c3)o2)c1. The van der Waals surface area contributed by atoms with E-state index in [0.717, 1.165) is 89.8 Å². The molecule has 104 heavy (non-hydrogen) atoms. The van der Waals surface area contributed by atoms with Crippen molar-refractivity contribution in [2.45, 2.75) is 6.42 Å². The molecule has 1 aliphatic heterocycles. The van der Waals surface area contributed by atoms with E-state index >= 15 is 0 Å². The Bertz CT molecular complexity index is 5660. The fraction of sp³-hybridized carbons (Fsp3) is 0.0676. The number of aromatic nitrogens is 9. The molecule has 0 spiro atoms. The minimum atomic E-state index is -2.34. The highest BCUT2D eigenvalue weighted by molar-refractivity contribution is 8.01. The highest BCUT2D eigenvalue weighted by Gasteiger charge is 2.16. The molecular formula is C74H70N18O8S4. The van der Waals surface area contributed by atoms with Crippen LogP contribution in [-0.4, -0.2) is 117 Å². The Kier molecular flexibility index (Phi) is 20.0. The van der Waals surface area contributed by atoms with Gasteiger partial charge in [-0.3, -0.25) is 10.1 Å². The predicted molar refractivity (Wildman–Crippen MR) is 429 cm³/mol. The van der Waals surface area contributed by atoms with Crippen molar-refractivity contribution in [3.8, 4) is 45.3 Å². The van der Waals surface area contributed by atoms with E-state index in [1.807, 2.05) is 182 Å². The van der Waals surface area contributed by atoms with Gasteiger partial charge >= 0.3 is 0 Å². The Morgan fingerprint density at radius 2 is 0.788 bits per heavy atom. The molecule has 4 atom stereocenters. The van der Waals surface area contributed by atoms with E-state index in [1.54, 1.807) is 62.3 Å². The lowest BCUT2D eigenvalue weighted by atomic mass is 10.1. The third-order valence-electron chi connectivity index (χ3n) is 15.0. The van der Waals surface area contributed by atoms with E-state index in [1.165, 1.54) is 5.56 Å². The number of aromatic amines is 3. The lowest BCUT2D eigenvalue weighted by Gasteiger charge is -2.09. The number of aliphatic imine (C=N–C) groups is 1. The van der Waals surface area contributed by atoms with Crippen LogP contribution < -0.4 is 40.2 Å². The van der Waals surface area contributed by atoms with Crippen LogP contribution in [0.15, 0.2) is 242 Å². The molecule has 0 amide bonds. The maximum absolute atomic E-state index is 11.8. The molecular weight excluding hydrogens is 1400 g/mol. The van der Waals surface area contributed by atoms with Gasteiger partial charge in [-0.15, -0.1) is 0 Å². The summed E-state index contributed by atoms with van der Waals surface area (Å²) in [4.78, 5) is 31.8. The first-order valence-electron chi connectivity index (χ1n) is 31.7. The fourth-order valence-corrected chi connectivity index (χ4v) is 13.2. The van der Waals surface area contributed by atoms with Crippen LogP contribution in [0.2, 0.25) is 0 Å². The van der Waals surface area contributed by atoms with E-state index in [9.17, 15) is 16.8 Å².